The third-order valence-corrected chi connectivity index (χ3v) is 4.51. The Balaban J connectivity index is 2.08. The molecular weight excluding hydrogens is 286 g/mol. The number of Topliss-reactive ketones (excluding diaryl/α,β-unsaturated/α-hetero) is 1. The lowest BCUT2D eigenvalue weighted by molar-refractivity contribution is -0.124. The molecule has 2 heterocycles. The molecule has 0 aliphatic carbocycles. The van der Waals surface area contributed by atoms with Gasteiger partial charge in [0.15, 0.2) is 5.78 Å². The van der Waals surface area contributed by atoms with E-state index >= 15 is 0 Å². The van der Waals surface area contributed by atoms with E-state index in [9.17, 15) is 9.59 Å². The van der Waals surface area contributed by atoms with Gasteiger partial charge in [0.25, 0.3) is 0 Å². The van der Waals surface area contributed by atoms with E-state index in [1.807, 2.05) is 33.1 Å². The van der Waals surface area contributed by atoms with Gasteiger partial charge in [0, 0.05) is 17.9 Å². The quantitative estimate of drug-likeness (QED) is 0.866. The first-order valence-electron chi connectivity index (χ1n) is 7.34. The molecular formula is C16H23NO3S. The summed E-state index contributed by atoms with van der Waals surface area (Å²) in [5.74, 6) is 0.0170. The smallest absolute Gasteiger partial charge is 0.228 e. The number of hydrogen-bond donors (Lipinski definition) is 1. The van der Waals surface area contributed by atoms with E-state index in [1.54, 1.807) is 6.07 Å². The zero-order valence-corrected chi connectivity index (χ0v) is 13.9. The average Bonchev–Trinajstić information content (AvgIpc) is 2.84. The van der Waals surface area contributed by atoms with E-state index in [0.29, 0.717) is 17.2 Å². The van der Waals surface area contributed by atoms with Gasteiger partial charge in [0.05, 0.1) is 11.7 Å². The highest BCUT2D eigenvalue weighted by atomic mass is 32.1. The Bertz CT molecular complexity index is 530. The van der Waals surface area contributed by atoms with Crippen molar-refractivity contribution in [2.24, 2.45) is 11.3 Å². The van der Waals surface area contributed by atoms with Crippen molar-refractivity contribution in [1.82, 2.24) is 0 Å². The Kier molecular flexibility index (Phi) is 4.84. The number of ketones is 1. The molecule has 1 fully saturated rings. The highest BCUT2D eigenvalue weighted by Crippen LogP contribution is 2.31. The number of ether oxygens (including phenoxy) is 1. The normalized spacial score (nSPS) is 22.9. The maximum absolute atomic E-state index is 12.4. The molecule has 1 aromatic heterocycles. The SMILES string of the molecule is CC1CC(C(=O)Nc2sccc2C(=O)C(C)(C)C)CCO1. The van der Waals surface area contributed by atoms with Gasteiger partial charge in [-0.3, -0.25) is 9.59 Å². The van der Waals surface area contributed by atoms with Gasteiger partial charge < -0.3 is 10.1 Å². The summed E-state index contributed by atoms with van der Waals surface area (Å²) < 4.78 is 5.47. The number of amides is 1. The van der Waals surface area contributed by atoms with Crippen LogP contribution >= 0.6 is 11.3 Å². The summed E-state index contributed by atoms with van der Waals surface area (Å²) in [7, 11) is 0. The summed E-state index contributed by atoms with van der Waals surface area (Å²) in [4.78, 5) is 24.8. The van der Waals surface area contributed by atoms with Crippen molar-refractivity contribution in [3.63, 3.8) is 0 Å². The van der Waals surface area contributed by atoms with Crippen LogP contribution in [-0.2, 0) is 9.53 Å². The molecule has 1 aliphatic heterocycles. The second-order valence-corrected chi connectivity index (χ2v) is 7.55. The van der Waals surface area contributed by atoms with Crippen molar-refractivity contribution >= 4 is 28.0 Å². The van der Waals surface area contributed by atoms with Gasteiger partial charge in [0.2, 0.25) is 5.91 Å². The molecule has 2 unspecified atom stereocenters. The van der Waals surface area contributed by atoms with Crippen LogP contribution in [-0.4, -0.2) is 24.4 Å². The molecule has 1 N–H and O–H groups in total. The van der Waals surface area contributed by atoms with E-state index in [1.165, 1.54) is 11.3 Å². The van der Waals surface area contributed by atoms with Gasteiger partial charge >= 0.3 is 0 Å². The average molecular weight is 309 g/mol. The Labute approximate surface area is 129 Å². The highest BCUT2D eigenvalue weighted by molar-refractivity contribution is 7.14. The predicted molar refractivity (Wildman–Crippen MR) is 84.9 cm³/mol. The van der Waals surface area contributed by atoms with Crippen LogP contribution in [0.15, 0.2) is 11.4 Å². The number of hydrogen-bond acceptors (Lipinski definition) is 4. The predicted octanol–water partition coefficient (Wildman–Crippen LogP) is 3.73. The number of carbonyl (C=O) groups excluding carboxylic acids is 2. The van der Waals surface area contributed by atoms with E-state index in [0.717, 1.165) is 12.8 Å². The van der Waals surface area contributed by atoms with Crippen LogP contribution in [0.1, 0.15) is 50.9 Å². The van der Waals surface area contributed by atoms with Crippen LogP contribution in [0.3, 0.4) is 0 Å². The minimum Gasteiger partial charge on any atom is -0.378 e. The summed E-state index contributed by atoms with van der Waals surface area (Å²) in [6.07, 6.45) is 1.60. The number of carbonyl (C=O) groups is 2. The summed E-state index contributed by atoms with van der Waals surface area (Å²) in [5, 5.41) is 5.45. The van der Waals surface area contributed by atoms with Gasteiger partial charge in [-0.25, -0.2) is 0 Å². The maximum Gasteiger partial charge on any atom is 0.228 e. The summed E-state index contributed by atoms with van der Waals surface area (Å²) in [5.41, 5.74) is 0.161. The number of anilines is 1. The monoisotopic (exact) mass is 309 g/mol. The van der Waals surface area contributed by atoms with Gasteiger partial charge in [-0.15, -0.1) is 11.3 Å². The minimum absolute atomic E-state index is 0.00411. The van der Waals surface area contributed by atoms with Crippen LogP contribution < -0.4 is 5.32 Å². The van der Waals surface area contributed by atoms with Gasteiger partial charge in [-0.1, -0.05) is 20.8 Å². The third-order valence-electron chi connectivity index (χ3n) is 3.68. The molecule has 0 aromatic carbocycles. The zero-order chi connectivity index (χ0) is 15.6. The standard InChI is InChI=1S/C16H23NO3S/c1-10-9-11(5-7-20-10)14(19)17-15-12(6-8-21-15)13(18)16(2,3)4/h6,8,10-11H,5,7,9H2,1-4H3,(H,17,19). The maximum atomic E-state index is 12.4. The topological polar surface area (TPSA) is 55.4 Å². The van der Waals surface area contributed by atoms with Crippen LogP contribution in [0, 0.1) is 11.3 Å². The van der Waals surface area contributed by atoms with Crippen LogP contribution in [0.25, 0.3) is 0 Å². The Morgan fingerprint density at radius 2 is 2.10 bits per heavy atom. The molecule has 21 heavy (non-hydrogen) atoms. The molecule has 1 aromatic rings. The highest BCUT2D eigenvalue weighted by Gasteiger charge is 2.29. The molecule has 2 atom stereocenters. The van der Waals surface area contributed by atoms with Gasteiger partial charge in [-0.05, 0) is 31.2 Å². The lowest BCUT2D eigenvalue weighted by Crippen LogP contribution is -2.32. The van der Waals surface area contributed by atoms with Crippen molar-refractivity contribution in [1.29, 1.82) is 0 Å². The largest absolute Gasteiger partial charge is 0.378 e. The Morgan fingerprint density at radius 1 is 1.38 bits per heavy atom. The Hall–Kier alpha value is -1.20. The van der Waals surface area contributed by atoms with Crippen molar-refractivity contribution in [2.45, 2.75) is 46.6 Å². The fourth-order valence-electron chi connectivity index (χ4n) is 2.44. The lowest BCUT2D eigenvalue weighted by Gasteiger charge is -2.26. The van der Waals surface area contributed by atoms with Crippen molar-refractivity contribution in [3.05, 3.63) is 17.0 Å². The number of rotatable bonds is 3. The fraction of sp³-hybridized carbons (Fsp3) is 0.625. The molecule has 0 bridgehead atoms. The molecule has 1 saturated heterocycles. The first-order valence-corrected chi connectivity index (χ1v) is 8.21. The first-order chi connectivity index (χ1) is 9.79. The number of thiophene rings is 1. The third kappa shape index (κ3) is 3.92. The number of nitrogens with one attached hydrogen (secondary N) is 1. The fourth-order valence-corrected chi connectivity index (χ4v) is 3.23. The van der Waals surface area contributed by atoms with Crippen molar-refractivity contribution in [2.75, 3.05) is 11.9 Å². The lowest BCUT2D eigenvalue weighted by atomic mass is 9.87. The second-order valence-electron chi connectivity index (χ2n) is 6.63. The van der Waals surface area contributed by atoms with E-state index < -0.39 is 5.41 Å². The molecule has 1 aliphatic rings. The summed E-state index contributed by atoms with van der Waals surface area (Å²) in [6, 6.07) is 1.79. The molecule has 1 amide bonds. The zero-order valence-electron chi connectivity index (χ0n) is 13.1. The van der Waals surface area contributed by atoms with Crippen LogP contribution in [0.4, 0.5) is 5.00 Å². The molecule has 0 saturated carbocycles. The van der Waals surface area contributed by atoms with E-state index in [2.05, 4.69) is 5.32 Å². The van der Waals surface area contributed by atoms with Gasteiger partial charge in [0.1, 0.15) is 5.00 Å². The van der Waals surface area contributed by atoms with E-state index in [-0.39, 0.29) is 23.7 Å². The first kappa shape index (κ1) is 16.2. The second kappa shape index (κ2) is 6.28. The van der Waals surface area contributed by atoms with Crippen LogP contribution in [0.2, 0.25) is 0 Å². The van der Waals surface area contributed by atoms with Crippen LogP contribution in [0.5, 0.6) is 0 Å². The summed E-state index contributed by atoms with van der Waals surface area (Å²) >= 11 is 1.40. The van der Waals surface area contributed by atoms with Crippen molar-refractivity contribution < 1.29 is 14.3 Å². The minimum atomic E-state index is -0.451. The van der Waals surface area contributed by atoms with Gasteiger partial charge in [-0.2, -0.15) is 0 Å². The summed E-state index contributed by atoms with van der Waals surface area (Å²) in [6.45, 7) is 8.27. The Morgan fingerprint density at radius 3 is 2.71 bits per heavy atom. The molecule has 4 nitrogen and oxygen atoms in total. The molecule has 0 spiro atoms. The molecule has 116 valence electrons. The molecule has 5 heteroatoms. The van der Waals surface area contributed by atoms with Crippen molar-refractivity contribution in [3.8, 4) is 0 Å². The van der Waals surface area contributed by atoms with E-state index in [4.69, 9.17) is 4.74 Å². The molecule has 2 rings (SSSR count). The molecule has 0 radical (unpaired) electrons.